The minimum absolute atomic E-state index is 0.0196. The quantitative estimate of drug-likeness (QED) is 0.384. The lowest BCUT2D eigenvalue weighted by Crippen LogP contribution is -2.52. The second-order valence-corrected chi connectivity index (χ2v) is 11.8. The van der Waals surface area contributed by atoms with Crippen molar-refractivity contribution in [2.24, 2.45) is 12.5 Å². The highest BCUT2D eigenvalue weighted by molar-refractivity contribution is 7.13. The summed E-state index contributed by atoms with van der Waals surface area (Å²) in [6.45, 7) is 4.29. The molecule has 2 aliphatic rings. The molecule has 2 saturated heterocycles. The van der Waals surface area contributed by atoms with Crippen LogP contribution < -0.4 is 0 Å². The average Bonchev–Trinajstić information content (AvgIpc) is 3.70. The third kappa shape index (κ3) is 8.61. The van der Waals surface area contributed by atoms with E-state index in [1.807, 2.05) is 58.8 Å². The van der Waals surface area contributed by atoms with Crippen molar-refractivity contribution in [1.82, 2.24) is 24.6 Å². The van der Waals surface area contributed by atoms with Crippen LogP contribution in [0.2, 0.25) is 0 Å². The van der Waals surface area contributed by atoms with Gasteiger partial charge in [-0.25, -0.2) is 9.59 Å². The van der Waals surface area contributed by atoms with E-state index in [-0.39, 0.29) is 17.7 Å². The van der Waals surface area contributed by atoms with Gasteiger partial charge in [-0.1, -0.05) is 0 Å². The molecule has 3 aromatic heterocycles. The minimum Gasteiger partial charge on any atom is -0.475 e. The molecule has 2 N–H and O–H groups in total. The van der Waals surface area contributed by atoms with Crippen molar-refractivity contribution >= 4 is 35.1 Å². The zero-order chi connectivity index (χ0) is 34.4. The summed E-state index contributed by atoms with van der Waals surface area (Å²) in [5.74, 6) is -5.43. The van der Waals surface area contributed by atoms with E-state index in [9.17, 15) is 35.9 Å². The average molecular weight is 678 g/mol. The largest absolute Gasteiger partial charge is 0.490 e. The number of amides is 2. The van der Waals surface area contributed by atoms with Gasteiger partial charge in [0.05, 0.1) is 10.3 Å². The molecule has 5 heterocycles. The molecule has 0 unspecified atom stereocenters. The molecular formula is C28H29F6N5O6S. The van der Waals surface area contributed by atoms with Crippen molar-refractivity contribution in [3.05, 3.63) is 69.9 Å². The molecule has 2 fully saturated rings. The predicted octanol–water partition coefficient (Wildman–Crippen LogP) is 4.50. The lowest BCUT2D eigenvalue weighted by Gasteiger charge is -2.42. The van der Waals surface area contributed by atoms with E-state index in [4.69, 9.17) is 19.8 Å². The Labute approximate surface area is 262 Å². The van der Waals surface area contributed by atoms with Crippen molar-refractivity contribution in [2.45, 2.75) is 44.6 Å². The summed E-state index contributed by atoms with van der Waals surface area (Å²) in [5.41, 5.74) is 1.46. The van der Waals surface area contributed by atoms with E-state index in [1.165, 1.54) is 11.3 Å². The first-order valence-corrected chi connectivity index (χ1v) is 14.3. The molecule has 0 bridgehead atoms. The van der Waals surface area contributed by atoms with Crippen molar-refractivity contribution in [3.63, 3.8) is 0 Å². The number of aryl methyl sites for hydroxylation is 2. The molecule has 11 nitrogen and oxygen atoms in total. The van der Waals surface area contributed by atoms with Crippen molar-refractivity contribution in [2.75, 3.05) is 19.6 Å². The van der Waals surface area contributed by atoms with Gasteiger partial charge in [0.1, 0.15) is 0 Å². The number of nitrogens with zero attached hydrogens (tertiary/aromatic N) is 5. The number of hydrogen-bond donors (Lipinski definition) is 2. The number of aromatic nitrogens is 3. The standard InChI is InChI=1S/C24H27N5O2S.2C2HF3O2/c1-17-4-5-21(32-17)22(30)29-15-19(20-8-12-26-27(20)2)24(16-29)9-3-13-28(23(24)31)14-18-6-10-25-11-7-18;2*3-2(4,5)1(6)7/h4-8,10-12,19H,3,9,13-16H2,1-2H3;2*(H,6,7)/t19-,24+;;/m0../s1. The van der Waals surface area contributed by atoms with Gasteiger partial charge in [-0.3, -0.25) is 19.3 Å². The van der Waals surface area contributed by atoms with Crippen LogP contribution in [0.3, 0.4) is 0 Å². The molecule has 5 rings (SSSR count). The Balaban J connectivity index is 0.000000345. The number of carbonyl (C=O) groups excluding carboxylic acids is 2. The van der Waals surface area contributed by atoms with Crippen molar-refractivity contribution in [1.29, 1.82) is 0 Å². The number of carboxylic acids is 2. The number of carboxylic acid groups (broad SMARTS) is 2. The van der Waals surface area contributed by atoms with Crippen LogP contribution in [-0.4, -0.2) is 90.5 Å². The fourth-order valence-electron chi connectivity index (χ4n) is 5.31. The van der Waals surface area contributed by atoms with Crippen LogP contribution in [-0.2, 0) is 28.0 Å². The highest BCUT2D eigenvalue weighted by Crippen LogP contribution is 2.50. The third-order valence-corrected chi connectivity index (χ3v) is 8.36. The summed E-state index contributed by atoms with van der Waals surface area (Å²) in [5, 5.41) is 18.6. The van der Waals surface area contributed by atoms with Crippen LogP contribution in [0.25, 0.3) is 0 Å². The number of alkyl halides is 6. The van der Waals surface area contributed by atoms with E-state index in [0.717, 1.165) is 40.4 Å². The fraction of sp³-hybridized carbons (Fsp3) is 0.429. The van der Waals surface area contributed by atoms with Gasteiger partial charge < -0.3 is 20.0 Å². The molecule has 2 amide bonds. The molecule has 0 aliphatic carbocycles. The number of halogens is 6. The Morgan fingerprint density at radius 3 is 2.04 bits per heavy atom. The molecule has 2 aliphatic heterocycles. The maximum atomic E-state index is 14.0. The number of piperidine rings is 1. The molecule has 0 aromatic carbocycles. The summed E-state index contributed by atoms with van der Waals surface area (Å²) in [6.07, 6.45) is -3.17. The van der Waals surface area contributed by atoms with Gasteiger partial charge in [0, 0.05) is 68.3 Å². The molecule has 0 radical (unpaired) electrons. The van der Waals surface area contributed by atoms with Gasteiger partial charge in [-0.05, 0) is 55.7 Å². The molecule has 18 heteroatoms. The second-order valence-electron chi connectivity index (χ2n) is 10.5. The summed E-state index contributed by atoms with van der Waals surface area (Å²) in [7, 11) is 1.91. The zero-order valence-corrected chi connectivity index (χ0v) is 25.2. The van der Waals surface area contributed by atoms with E-state index in [0.29, 0.717) is 19.6 Å². The Morgan fingerprint density at radius 2 is 1.57 bits per heavy atom. The lowest BCUT2D eigenvalue weighted by molar-refractivity contribution is -0.193. The first-order valence-electron chi connectivity index (χ1n) is 13.5. The summed E-state index contributed by atoms with van der Waals surface area (Å²) in [6, 6.07) is 9.77. The Kier molecular flexibility index (Phi) is 11.2. The molecular weight excluding hydrogens is 648 g/mol. The summed E-state index contributed by atoms with van der Waals surface area (Å²) < 4.78 is 65.3. The van der Waals surface area contributed by atoms with Gasteiger partial charge >= 0.3 is 24.3 Å². The van der Waals surface area contributed by atoms with Gasteiger partial charge in [0.15, 0.2) is 0 Å². The highest BCUT2D eigenvalue weighted by atomic mass is 32.1. The predicted molar refractivity (Wildman–Crippen MR) is 150 cm³/mol. The molecule has 2 atom stereocenters. The number of thiophene rings is 1. The van der Waals surface area contributed by atoms with Crippen LogP contribution in [0.1, 0.15) is 44.6 Å². The number of hydrogen-bond acceptors (Lipinski definition) is 7. The van der Waals surface area contributed by atoms with Crippen LogP contribution in [0.15, 0.2) is 48.9 Å². The molecule has 250 valence electrons. The Bertz CT molecular complexity index is 1520. The van der Waals surface area contributed by atoms with Gasteiger partial charge in [0.2, 0.25) is 5.91 Å². The highest BCUT2D eigenvalue weighted by Gasteiger charge is 2.57. The maximum Gasteiger partial charge on any atom is 0.490 e. The molecule has 1 spiro atoms. The number of pyridine rings is 1. The SMILES string of the molecule is Cc1ccc(C(=O)N2C[C@@H](c3ccnn3C)[C@@]3(CCCN(Cc4ccncc4)C3=O)C2)s1.O=C(O)C(F)(F)F.O=C(O)C(F)(F)F. The zero-order valence-electron chi connectivity index (χ0n) is 24.4. The molecule has 3 aromatic rings. The number of rotatable bonds is 4. The Hall–Kier alpha value is -4.48. The summed E-state index contributed by atoms with van der Waals surface area (Å²) in [4.78, 5) is 55.0. The van der Waals surface area contributed by atoms with E-state index < -0.39 is 29.7 Å². The van der Waals surface area contributed by atoms with Crippen molar-refractivity contribution in [3.8, 4) is 0 Å². The molecule has 0 saturated carbocycles. The summed E-state index contributed by atoms with van der Waals surface area (Å²) >= 11 is 1.51. The van der Waals surface area contributed by atoms with Gasteiger partial charge in [-0.2, -0.15) is 31.4 Å². The normalized spacial score (nSPS) is 19.7. The van der Waals surface area contributed by atoms with Crippen LogP contribution in [0.5, 0.6) is 0 Å². The number of likely N-dealkylation sites (tertiary alicyclic amines) is 2. The van der Waals surface area contributed by atoms with Crippen LogP contribution in [0, 0.1) is 12.3 Å². The van der Waals surface area contributed by atoms with E-state index in [1.54, 1.807) is 18.6 Å². The first kappa shape index (κ1) is 36.0. The number of carbonyl (C=O) groups is 4. The number of aliphatic carboxylic acids is 2. The smallest absolute Gasteiger partial charge is 0.475 e. The fourth-order valence-corrected chi connectivity index (χ4v) is 6.15. The van der Waals surface area contributed by atoms with Gasteiger partial charge in [-0.15, -0.1) is 11.3 Å². The minimum atomic E-state index is -5.08. The van der Waals surface area contributed by atoms with Crippen molar-refractivity contribution < 1.29 is 55.7 Å². The first-order chi connectivity index (χ1) is 21.4. The monoisotopic (exact) mass is 677 g/mol. The van der Waals surface area contributed by atoms with E-state index in [2.05, 4.69) is 10.1 Å². The maximum absolute atomic E-state index is 14.0. The van der Waals surface area contributed by atoms with E-state index >= 15 is 0 Å². The lowest BCUT2D eigenvalue weighted by atomic mass is 9.70. The topological polar surface area (TPSA) is 146 Å². The van der Waals surface area contributed by atoms with Crippen LogP contribution in [0.4, 0.5) is 26.3 Å². The second kappa shape index (κ2) is 14.3. The third-order valence-electron chi connectivity index (χ3n) is 7.37. The van der Waals surface area contributed by atoms with Crippen LogP contribution >= 0.6 is 11.3 Å². The van der Waals surface area contributed by atoms with Gasteiger partial charge in [0.25, 0.3) is 5.91 Å². The molecule has 46 heavy (non-hydrogen) atoms. The Morgan fingerprint density at radius 1 is 0.978 bits per heavy atom.